The molecule has 14 heavy (non-hydrogen) atoms. The molecule has 0 N–H and O–H groups in total. The smallest absolute Gasteiger partial charge is 0.181 e. The zero-order valence-electron chi connectivity index (χ0n) is 7.53. The molecular weight excluding hydrogens is 246 g/mol. The van der Waals surface area contributed by atoms with E-state index in [4.69, 9.17) is 9.15 Å². The summed E-state index contributed by atoms with van der Waals surface area (Å²) in [4.78, 5) is 3.87. The first-order valence-corrected chi connectivity index (χ1v) is 4.83. The Hall–Kier alpha value is -1.29. The van der Waals surface area contributed by atoms with Crippen molar-refractivity contribution in [1.29, 1.82) is 0 Å². The van der Waals surface area contributed by atoms with Gasteiger partial charge in [-0.15, -0.1) is 0 Å². The highest BCUT2D eigenvalue weighted by Gasteiger charge is 2.08. The normalized spacial score (nSPS) is 10.1. The molecule has 0 spiro atoms. The van der Waals surface area contributed by atoms with Gasteiger partial charge < -0.3 is 9.15 Å². The molecular formula is C10H8BrNO2. The second-order valence-corrected chi connectivity index (χ2v) is 3.63. The highest BCUT2D eigenvalue weighted by atomic mass is 79.9. The van der Waals surface area contributed by atoms with E-state index in [0.717, 1.165) is 15.8 Å². The number of benzene rings is 1. The molecule has 0 saturated heterocycles. The van der Waals surface area contributed by atoms with Crippen LogP contribution in [0.4, 0.5) is 0 Å². The van der Waals surface area contributed by atoms with Crippen molar-refractivity contribution in [2.45, 2.75) is 0 Å². The summed E-state index contributed by atoms with van der Waals surface area (Å²) in [6, 6.07) is 5.72. The fourth-order valence-corrected chi connectivity index (χ4v) is 1.58. The minimum Gasteiger partial charge on any atom is -0.496 e. The Morgan fingerprint density at radius 3 is 2.93 bits per heavy atom. The highest BCUT2D eigenvalue weighted by molar-refractivity contribution is 9.10. The number of rotatable bonds is 2. The van der Waals surface area contributed by atoms with Crippen LogP contribution in [0.15, 0.2) is 39.7 Å². The summed E-state index contributed by atoms with van der Waals surface area (Å²) in [6.07, 6.45) is 3.06. The molecule has 0 atom stereocenters. The Morgan fingerprint density at radius 1 is 1.43 bits per heavy atom. The molecule has 0 unspecified atom stereocenters. The van der Waals surface area contributed by atoms with Gasteiger partial charge in [0.25, 0.3) is 0 Å². The standard InChI is InChI=1S/C10H8BrNO2/c1-13-9-3-2-7(11)4-8(9)10-5-12-6-14-10/h2-6H,1H3. The number of hydrogen-bond acceptors (Lipinski definition) is 3. The van der Waals surface area contributed by atoms with Crippen LogP contribution in [-0.2, 0) is 0 Å². The van der Waals surface area contributed by atoms with Gasteiger partial charge in [-0.05, 0) is 18.2 Å². The van der Waals surface area contributed by atoms with Crippen LogP contribution in [0.5, 0.6) is 5.75 Å². The fourth-order valence-electron chi connectivity index (χ4n) is 1.22. The number of nitrogens with zero attached hydrogens (tertiary/aromatic N) is 1. The largest absolute Gasteiger partial charge is 0.496 e. The van der Waals surface area contributed by atoms with E-state index in [1.54, 1.807) is 13.3 Å². The zero-order valence-corrected chi connectivity index (χ0v) is 9.11. The molecule has 0 saturated carbocycles. The number of halogens is 1. The molecule has 1 aromatic carbocycles. The van der Waals surface area contributed by atoms with E-state index in [1.165, 1.54) is 6.39 Å². The average Bonchev–Trinajstić information content (AvgIpc) is 2.70. The van der Waals surface area contributed by atoms with Crippen molar-refractivity contribution in [2.75, 3.05) is 7.11 Å². The summed E-state index contributed by atoms with van der Waals surface area (Å²) in [7, 11) is 1.63. The molecule has 0 fully saturated rings. The monoisotopic (exact) mass is 253 g/mol. The number of aromatic nitrogens is 1. The molecule has 72 valence electrons. The summed E-state index contributed by atoms with van der Waals surface area (Å²) in [5.41, 5.74) is 0.888. The highest BCUT2D eigenvalue weighted by Crippen LogP contribution is 2.32. The van der Waals surface area contributed by atoms with Gasteiger partial charge in [-0.3, -0.25) is 0 Å². The first kappa shape index (κ1) is 9.27. The third-order valence-electron chi connectivity index (χ3n) is 1.86. The molecule has 2 aromatic rings. The maximum atomic E-state index is 5.22. The lowest BCUT2D eigenvalue weighted by Crippen LogP contribution is -1.86. The minimum atomic E-state index is 0.697. The van der Waals surface area contributed by atoms with Gasteiger partial charge in [0.05, 0.1) is 18.9 Å². The predicted octanol–water partition coefficient (Wildman–Crippen LogP) is 3.11. The topological polar surface area (TPSA) is 35.3 Å². The molecule has 3 nitrogen and oxygen atoms in total. The first-order valence-electron chi connectivity index (χ1n) is 4.03. The van der Waals surface area contributed by atoms with E-state index in [2.05, 4.69) is 20.9 Å². The van der Waals surface area contributed by atoms with Crippen LogP contribution in [0, 0.1) is 0 Å². The number of hydrogen-bond donors (Lipinski definition) is 0. The van der Waals surface area contributed by atoms with Crippen LogP contribution in [0.2, 0.25) is 0 Å². The third kappa shape index (κ3) is 1.65. The Balaban J connectivity index is 2.55. The van der Waals surface area contributed by atoms with Gasteiger partial charge >= 0.3 is 0 Å². The van der Waals surface area contributed by atoms with Gasteiger partial charge in [-0.1, -0.05) is 15.9 Å². The van der Waals surface area contributed by atoms with E-state index >= 15 is 0 Å². The minimum absolute atomic E-state index is 0.697. The van der Waals surface area contributed by atoms with Crippen molar-refractivity contribution >= 4 is 15.9 Å². The van der Waals surface area contributed by atoms with Crippen molar-refractivity contribution in [2.24, 2.45) is 0 Å². The molecule has 0 aliphatic carbocycles. The average molecular weight is 254 g/mol. The molecule has 2 rings (SSSR count). The Labute approximate surface area is 89.8 Å². The SMILES string of the molecule is COc1ccc(Br)cc1-c1cnco1. The Kier molecular flexibility index (Phi) is 2.54. The van der Waals surface area contributed by atoms with Crippen molar-refractivity contribution < 1.29 is 9.15 Å². The molecule has 0 radical (unpaired) electrons. The van der Waals surface area contributed by atoms with Crippen LogP contribution >= 0.6 is 15.9 Å². The molecule has 1 aromatic heterocycles. The van der Waals surface area contributed by atoms with Gasteiger partial charge in [0.1, 0.15) is 5.75 Å². The third-order valence-corrected chi connectivity index (χ3v) is 2.35. The number of oxazole rings is 1. The van der Waals surface area contributed by atoms with Crippen LogP contribution in [0.1, 0.15) is 0 Å². The van der Waals surface area contributed by atoms with Crippen LogP contribution in [-0.4, -0.2) is 12.1 Å². The Bertz CT molecular complexity index is 426. The van der Waals surface area contributed by atoms with Gasteiger partial charge in [-0.25, -0.2) is 4.98 Å². The van der Waals surface area contributed by atoms with Gasteiger partial charge in [-0.2, -0.15) is 0 Å². The fraction of sp³-hybridized carbons (Fsp3) is 0.100. The van der Waals surface area contributed by atoms with Crippen molar-refractivity contribution in [3.63, 3.8) is 0 Å². The van der Waals surface area contributed by atoms with Crippen molar-refractivity contribution in [3.05, 3.63) is 35.3 Å². The summed E-state index contributed by atoms with van der Waals surface area (Å²) in [5.74, 6) is 1.47. The number of ether oxygens (including phenoxy) is 1. The number of methoxy groups -OCH3 is 1. The second-order valence-electron chi connectivity index (χ2n) is 2.71. The summed E-state index contributed by atoms with van der Waals surface area (Å²) in [5, 5.41) is 0. The lowest BCUT2D eigenvalue weighted by molar-refractivity contribution is 0.414. The molecule has 0 aliphatic heterocycles. The maximum absolute atomic E-state index is 5.22. The van der Waals surface area contributed by atoms with Crippen LogP contribution in [0.25, 0.3) is 11.3 Å². The van der Waals surface area contributed by atoms with E-state index in [9.17, 15) is 0 Å². The molecule has 0 amide bonds. The molecule has 4 heteroatoms. The summed E-state index contributed by atoms with van der Waals surface area (Å²) >= 11 is 3.39. The Morgan fingerprint density at radius 2 is 2.29 bits per heavy atom. The maximum Gasteiger partial charge on any atom is 0.181 e. The van der Waals surface area contributed by atoms with Gasteiger partial charge in [0.15, 0.2) is 12.2 Å². The lowest BCUT2D eigenvalue weighted by atomic mass is 10.1. The van der Waals surface area contributed by atoms with Gasteiger partial charge in [0, 0.05) is 4.47 Å². The summed E-state index contributed by atoms with van der Waals surface area (Å²) in [6.45, 7) is 0. The summed E-state index contributed by atoms with van der Waals surface area (Å²) < 4.78 is 11.4. The first-order chi connectivity index (χ1) is 6.81. The molecule has 0 aliphatic rings. The van der Waals surface area contributed by atoms with Crippen LogP contribution < -0.4 is 4.74 Å². The quantitative estimate of drug-likeness (QED) is 0.825. The second kappa shape index (κ2) is 3.84. The van der Waals surface area contributed by atoms with Gasteiger partial charge in [0.2, 0.25) is 0 Å². The van der Waals surface area contributed by atoms with Crippen LogP contribution in [0.3, 0.4) is 0 Å². The molecule has 1 heterocycles. The van der Waals surface area contributed by atoms with E-state index in [-0.39, 0.29) is 0 Å². The van der Waals surface area contributed by atoms with E-state index in [1.807, 2.05) is 18.2 Å². The van der Waals surface area contributed by atoms with Crippen molar-refractivity contribution in [3.8, 4) is 17.1 Å². The van der Waals surface area contributed by atoms with E-state index < -0.39 is 0 Å². The zero-order chi connectivity index (χ0) is 9.97. The lowest BCUT2D eigenvalue weighted by Gasteiger charge is -2.05. The van der Waals surface area contributed by atoms with E-state index in [0.29, 0.717) is 5.76 Å². The van der Waals surface area contributed by atoms with Crippen molar-refractivity contribution in [1.82, 2.24) is 4.98 Å². The predicted molar refractivity (Wildman–Crippen MR) is 56.2 cm³/mol. The molecule has 0 bridgehead atoms.